The number of fused-ring (bicyclic) bond motifs is 13. The SMILES string of the molecule is C/C1=C/C=C/C(C)[C@H](O)[C@@H](C)C(O)[C@@H](C)[C@H](OC(=O)CC(=O)N2CCCN(F)CC2)CC/C=C/O[C@@]2(C)Oc3c(C)c(O)c4c(O)c(c5c(c4c3C2=O)NC2(CCN(CC(C)C)CC2)N=5)=NC1=O. The van der Waals surface area contributed by atoms with Crippen LogP contribution in [0.5, 0.6) is 17.2 Å². The molecule has 2 unspecified atom stereocenters. The van der Waals surface area contributed by atoms with E-state index in [2.05, 4.69) is 29.1 Å². The number of anilines is 1. The van der Waals surface area contributed by atoms with E-state index in [9.17, 15) is 44.1 Å². The van der Waals surface area contributed by atoms with Gasteiger partial charge in [-0.1, -0.05) is 52.8 Å². The number of ketones is 1. The Morgan fingerprint density at radius 2 is 1.69 bits per heavy atom. The molecular formula is C50H67FN6O11. The average Bonchev–Trinajstić information content (AvgIpc) is 3.68. The fourth-order valence-corrected chi connectivity index (χ4v) is 9.99. The van der Waals surface area contributed by atoms with E-state index >= 15 is 0 Å². The molecule has 18 heteroatoms. The summed E-state index contributed by atoms with van der Waals surface area (Å²) in [5, 5.41) is 51.3. The highest BCUT2D eigenvalue weighted by atomic mass is 19.2. The van der Waals surface area contributed by atoms with E-state index in [1.54, 1.807) is 52.8 Å². The van der Waals surface area contributed by atoms with Crippen LogP contribution in [0, 0.1) is 30.6 Å². The number of aliphatic hydroxyl groups is 2. The van der Waals surface area contributed by atoms with Gasteiger partial charge in [-0.25, -0.2) is 4.99 Å². The van der Waals surface area contributed by atoms with Crippen LogP contribution in [-0.4, -0.2) is 134 Å². The number of nitrogens with one attached hydrogen (secondary N) is 1. The van der Waals surface area contributed by atoms with Gasteiger partial charge in [-0.3, -0.25) is 24.2 Å². The highest BCUT2D eigenvalue weighted by Gasteiger charge is 2.50. The van der Waals surface area contributed by atoms with Crippen molar-refractivity contribution in [3.63, 3.8) is 0 Å². The van der Waals surface area contributed by atoms with Gasteiger partial charge in [0.2, 0.25) is 5.91 Å². The number of Topliss-reactive ketones (excluding diaryl/α,β-unsaturated/α-hetero) is 1. The quantitative estimate of drug-likeness (QED) is 0.119. The van der Waals surface area contributed by atoms with E-state index in [0.717, 1.165) is 6.54 Å². The molecule has 2 saturated heterocycles. The molecule has 1 spiro atoms. The standard InChI is InChI=1S/C50H67FN6O11/c1-27(2)26-55-20-16-50(17-21-55)53-39-36-37-44(62)32(7)46-38(36)47(64)49(8,68-46)66-24-10-9-15-33(67-35(59)25-34(58)56-18-12-19-57(51)23-22-56)30(5)43(61)31(6)42(60)28(3)13-11-14-29(4)48(65)52-41(45(37)63)40(39)54-50/h10-11,13-14,24,27-28,30-31,33,42-43,53,60-63H,9,12,15-23,25-26H2,1-8H3/b13-11+,24-10+,29-14-,52-41?/t28?,30-,31+,33+,42-,43?,49-/m0/s1. The highest BCUT2D eigenvalue weighted by Crippen LogP contribution is 2.51. The summed E-state index contributed by atoms with van der Waals surface area (Å²) in [6, 6.07) is 0. The summed E-state index contributed by atoms with van der Waals surface area (Å²) in [5.41, 5.74) is -0.192. The molecule has 0 saturated carbocycles. The van der Waals surface area contributed by atoms with Gasteiger partial charge in [0, 0.05) is 99.9 Å². The predicted octanol–water partition coefficient (Wildman–Crippen LogP) is 4.67. The number of phenolic OH excluding ortho intramolecular Hbond substituents is 2. The molecule has 0 aliphatic carbocycles. The first kappa shape index (κ1) is 50.4. The van der Waals surface area contributed by atoms with Crippen LogP contribution in [0.2, 0.25) is 0 Å². The number of allylic oxidation sites excluding steroid dienone is 3. The molecule has 17 nitrogen and oxygen atoms in total. The van der Waals surface area contributed by atoms with Gasteiger partial charge < -0.3 is 49.8 Å². The number of benzene rings is 2. The van der Waals surface area contributed by atoms with E-state index in [1.165, 1.54) is 24.2 Å². The number of hydrogen-bond acceptors (Lipinski definition) is 15. The van der Waals surface area contributed by atoms with Crippen LogP contribution in [0.3, 0.4) is 0 Å². The normalized spacial score (nSPS) is 30.1. The van der Waals surface area contributed by atoms with Crippen LogP contribution < -0.4 is 20.8 Å². The Kier molecular flexibility index (Phi) is 15.0. The maximum atomic E-state index is 14.7. The molecule has 6 heterocycles. The van der Waals surface area contributed by atoms with Gasteiger partial charge in [0.15, 0.2) is 5.75 Å². The van der Waals surface area contributed by atoms with Crippen molar-refractivity contribution in [2.24, 2.45) is 33.7 Å². The number of ether oxygens (including phenoxy) is 3. The number of hydrogen-bond donors (Lipinski definition) is 5. The molecule has 0 aromatic heterocycles. The van der Waals surface area contributed by atoms with E-state index in [1.807, 2.05) is 0 Å². The Balaban J connectivity index is 1.27. The van der Waals surface area contributed by atoms with Crippen molar-refractivity contribution in [2.75, 3.05) is 51.1 Å². The van der Waals surface area contributed by atoms with Crippen LogP contribution in [0.1, 0.15) is 103 Å². The zero-order chi connectivity index (χ0) is 49.4. The molecule has 7 atom stereocenters. The maximum Gasteiger partial charge on any atom is 0.315 e. The van der Waals surface area contributed by atoms with E-state index in [-0.39, 0.29) is 82.2 Å². The lowest BCUT2D eigenvalue weighted by Gasteiger charge is -2.38. The first-order chi connectivity index (χ1) is 32.1. The number of carbonyl (C=O) groups excluding carboxylic acids is 4. The lowest BCUT2D eigenvalue weighted by molar-refractivity contribution is -0.159. The van der Waals surface area contributed by atoms with E-state index in [4.69, 9.17) is 19.2 Å². The topological polar surface area (TPSA) is 223 Å². The van der Waals surface area contributed by atoms with Crippen LogP contribution in [-0.2, 0) is 23.9 Å². The van der Waals surface area contributed by atoms with Gasteiger partial charge in [0.25, 0.3) is 11.7 Å². The van der Waals surface area contributed by atoms with Crippen LogP contribution in [0.15, 0.2) is 46.1 Å². The number of amides is 2. The van der Waals surface area contributed by atoms with Gasteiger partial charge in [-0.05, 0) is 45.1 Å². The predicted molar refractivity (Wildman–Crippen MR) is 250 cm³/mol. The number of phenols is 2. The number of halogens is 1. The van der Waals surface area contributed by atoms with E-state index < -0.39 is 83.3 Å². The lowest BCUT2D eigenvalue weighted by atomic mass is 9.81. The van der Waals surface area contributed by atoms with E-state index in [0.29, 0.717) is 55.6 Å². The first-order valence-corrected chi connectivity index (χ1v) is 23.9. The van der Waals surface area contributed by atoms with Crippen LogP contribution in [0.4, 0.5) is 10.2 Å². The van der Waals surface area contributed by atoms with Gasteiger partial charge in [0.05, 0.1) is 35.1 Å². The summed E-state index contributed by atoms with van der Waals surface area (Å²) < 4.78 is 32.1. The molecule has 5 N–H and O–H groups in total. The van der Waals surface area contributed by atoms with Crippen LogP contribution >= 0.6 is 0 Å². The fourth-order valence-electron chi connectivity index (χ4n) is 9.99. The largest absolute Gasteiger partial charge is 0.507 e. The average molecular weight is 947 g/mol. The number of nitrogens with zero attached hydrogens (tertiary/aromatic N) is 5. The van der Waals surface area contributed by atoms with Gasteiger partial charge in [0.1, 0.15) is 40.4 Å². The Morgan fingerprint density at radius 1 is 0.971 bits per heavy atom. The zero-order valence-corrected chi connectivity index (χ0v) is 40.4. The molecule has 370 valence electrons. The summed E-state index contributed by atoms with van der Waals surface area (Å²) >= 11 is 0. The molecule has 5 bridgehead atoms. The molecule has 2 fully saturated rings. The summed E-state index contributed by atoms with van der Waals surface area (Å²) in [7, 11) is 0. The molecule has 68 heavy (non-hydrogen) atoms. The summed E-state index contributed by atoms with van der Waals surface area (Å²) in [6.45, 7) is 16.9. The van der Waals surface area contributed by atoms with Crippen molar-refractivity contribution in [3.8, 4) is 17.2 Å². The molecule has 2 amide bonds. The third-order valence-corrected chi connectivity index (χ3v) is 14.2. The molecule has 0 radical (unpaired) electrons. The third kappa shape index (κ3) is 10.1. The van der Waals surface area contributed by atoms with Crippen LogP contribution in [0.25, 0.3) is 10.8 Å². The molecule has 6 aliphatic heterocycles. The number of aliphatic hydroxyl groups excluding tert-OH is 2. The minimum atomic E-state index is -1.95. The zero-order valence-electron chi connectivity index (χ0n) is 40.4. The molecule has 2 aromatic rings. The second-order valence-electron chi connectivity index (χ2n) is 19.8. The van der Waals surface area contributed by atoms with Crippen molar-refractivity contribution in [1.29, 1.82) is 0 Å². The molecule has 6 aliphatic rings. The van der Waals surface area contributed by atoms with Crippen molar-refractivity contribution < 1.29 is 58.3 Å². The monoisotopic (exact) mass is 946 g/mol. The second kappa shape index (κ2) is 20.3. The van der Waals surface area contributed by atoms with Crippen molar-refractivity contribution in [3.05, 3.63) is 58.0 Å². The number of aromatic hydroxyl groups is 2. The molecule has 8 rings (SSSR count). The number of carbonyl (C=O) groups is 4. The molecule has 2 aromatic carbocycles. The first-order valence-electron chi connectivity index (χ1n) is 23.9. The fraction of sp³-hybridized carbons (Fsp3) is 0.600. The number of piperidine rings is 1. The second-order valence-corrected chi connectivity index (χ2v) is 19.8. The lowest BCUT2D eigenvalue weighted by Crippen LogP contribution is -2.47. The Bertz CT molecular complexity index is 2540. The van der Waals surface area contributed by atoms with Gasteiger partial charge in [-0.15, -0.1) is 9.60 Å². The highest BCUT2D eigenvalue weighted by molar-refractivity contribution is 6.21. The number of rotatable bonds is 5. The van der Waals surface area contributed by atoms with Gasteiger partial charge >= 0.3 is 11.8 Å². The summed E-state index contributed by atoms with van der Waals surface area (Å²) in [5.74, 6) is -7.03. The Hall–Kier alpha value is -5.43. The third-order valence-electron chi connectivity index (χ3n) is 14.2. The Morgan fingerprint density at radius 3 is 2.40 bits per heavy atom. The van der Waals surface area contributed by atoms with Crippen molar-refractivity contribution >= 4 is 40.0 Å². The smallest absolute Gasteiger partial charge is 0.315 e. The minimum absolute atomic E-state index is 0.0252. The summed E-state index contributed by atoms with van der Waals surface area (Å²) in [4.78, 5) is 68.5. The number of likely N-dealkylation sites (tertiary alicyclic amines) is 1. The number of esters is 1. The van der Waals surface area contributed by atoms with Crippen molar-refractivity contribution in [2.45, 2.75) is 124 Å². The molecular weight excluding hydrogens is 880 g/mol. The van der Waals surface area contributed by atoms with Crippen molar-refractivity contribution in [1.82, 2.24) is 14.9 Å². The van der Waals surface area contributed by atoms with Gasteiger partial charge in [-0.2, -0.15) is 0 Å². The summed E-state index contributed by atoms with van der Waals surface area (Å²) in [6.07, 6.45) is 5.77. The Labute approximate surface area is 395 Å². The maximum absolute atomic E-state index is 14.7. The minimum Gasteiger partial charge on any atom is -0.507 e.